The predicted molar refractivity (Wildman–Crippen MR) is 273 cm³/mol. The first-order valence-corrected chi connectivity index (χ1v) is 22.8. The standard InChI is InChI=1S/C64H46/c1-63(2)57-29-17-15-27-47(57)51-35-53-55(37-59(51)63)62(50-34-32-42(40-21-9-6-10-22-40)44-24-12-14-26-46(44)50)56-38-60-52(48-28-16-18-30-58(48)64(60,3)4)36-54(56)61(53)49-33-31-41(39-19-7-5-8-20-39)43-23-11-13-25-45(43)49/h5-38H,1-4H3. The quantitative estimate of drug-likeness (QED) is 0.155. The summed E-state index contributed by atoms with van der Waals surface area (Å²) < 4.78 is 0. The van der Waals surface area contributed by atoms with Gasteiger partial charge in [0.25, 0.3) is 0 Å². The maximum Gasteiger partial charge on any atom is 0.0159 e. The van der Waals surface area contributed by atoms with Crippen molar-refractivity contribution in [3.63, 3.8) is 0 Å². The molecule has 0 bridgehead atoms. The lowest BCUT2D eigenvalue weighted by Gasteiger charge is -2.26. The van der Waals surface area contributed by atoms with Gasteiger partial charge in [-0.2, -0.15) is 0 Å². The molecule has 0 atom stereocenters. The van der Waals surface area contributed by atoms with Crippen molar-refractivity contribution >= 4 is 43.1 Å². The molecule has 2 aliphatic carbocycles. The lowest BCUT2D eigenvalue weighted by molar-refractivity contribution is 0.661. The molecule has 64 heavy (non-hydrogen) atoms. The number of hydrogen-bond acceptors (Lipinski definition) is 0. The van der Waals surface area contributed by atoms with E-state index in [1.165, 1.54) is 132 Å². The summed E-state index contributed by atoms with van der Waals surface area (Å²) in [6.45, 7) is 9.66. The van der Waals surface area contributed by atoms with Crippen LogP contribution in [0, 0.1) is 0 Å². The van der Waals surface area contributed by atoms with Crippen LogP contribution >= 0.6 is 0 Å². The fourth-order valence-electron chi connectivity index (χ4n) is 12.0. The highest BCUT2D eigenvalue weighted by Crippen LogP contribution is 2.57. The molecule has 11 aromatic carbocycles. The Labute approximate surface area is 375 Å². The van der Waals surface area contributed by atoms with Crippen LogP contribution in [0.5, 0.6) is 0 Å². The van der Waals surface area contributed by atoms with Gasteiger partial charge in [-0.05, 0) is 156 Å². The van der Waals surface area contributed by atoms with Crippen LogP contribution in [0.1, 0.15) is 49.9 Å². The Kier molecular flexibility index (Phi) is 7.80. The van der Waals surface area contributed by atoms with E-state index in [1.807, 2.05) is 0 Å². The minimum atomic E-state index is -0.169. The lowest BCUT2D eigenvalue weighted by atomic mass is 9.77. The molecule has 0 amide bonds. The molecule has 0 saturated heterocycles. The first-order chi connectivity index (χ1) is 31.3. The Morgan fingerprint density at radius 2 is 0.531 bits per heavy atom. The smallest absolute Gasteiger partial charge is 0.0159 e. The fraction of sp³-hybridized carbons (Fsp3) is 0.0938. The zero-order chi connectivity index (χ0) is 42.9. The molecule has 0 fully saturated rings. The third kappa shape index (κ3) is 5.11. The van der Waals surface area contributed by atoms with Gasteiger partial charge in [-0.1, -0.05) is 210 Å². The summed E-state index contributed by atoms with van der Waals surface area (Å²) in [4.78, 5) is 0. The molecule has 302 valence electrons. The van der Waals surface area contributed by atoms with Crippen LogP contribution in [0.2, 0.25) is 0 Å². The Morgan fingerprint density at radius 1 is 0.219 bits per heavy atom. The summed E-state index contributed by atoms with van der Waals surface area (Å²) in [5.41, 5.74) is 20.7. The minimum Gasteiger partial charge on any atom is -0.0622 e. The molecule has 13 rings (SSSR count). The molecular formula is C64H46. The zero-order valence-corrected chi connectivity index (χ0v) is 36.6. The van der Waals surface area contributed by atoms with Crippen LogP contribution in [-0.4, -0.2) is 0 Å². The van der Waals surface area contributed by atoms with Gasteiger partial charge in [0, 0.05) is 10.8 Å². The van der Waals surface area contributed by atoms with Gasteiger partial charge in [0.2, 0.25) is 0 Å². The third-order valence-corrected chi connectivity index (χ3v) is 15.1. The molecule has 0 spiro atoms. The van der Waals surface area contributed by atoms with Crippen LogP contribution in [0.3, 0.4) is 0 Å². The van der Waals surface area contributed by atoms with E-state index < -0.39 is 0 Å². The number of rotatable bonds is 4. The van der Waals surface area contributed by atoms with E-state index in [0.29, 0.717) is 0 Å². The number of benzene rings is 11. The van der Waals surface area contributed by atoms with E-state index in [1.54, 1.807) is 0 Å². The maximum atomic E-state index is 2.59. The van der Waals surface area contributed by atoms with Crippen LogP contribution < -0.4 is 0 Å². The normalized spacial score (nSPS) is 14.2. The van der Waals surface area contributed by atoms with E-state index >= 15 is 0 Å². The van der Waals surface area contributed by atoms with Crippen LogP contribution in [0.4, 0.5) is 0 Å². The molecule has 0 nitrogen and oxygen atoms in total. The van der Waals surface area contributed by atoms with E-state index in [-0.39, 0.29) is 10.8 Å². The Morgan fingerprint density at radius 3 is 0.938 bits per heavy atom. The van der Waals surface area contributed by atoms with Crippen LogP contribution in [0.15, 0.2) is 206 Å². The first kappa shape index (κ1) is 37.1. The molecule has 0 unspecified atom stereocenters. The third-order valence-electron chi connectivity index (χ3n) is 15.1. The van der Waals surface area contributed by atoms with E-state index in [0.717, 1.165) is 0 Å². The highest BCUT2D eigenvalue weighted by atomic mass is 14.4. The Balaban J connectivity index is 1.25. The van der Waals surface area contributed by atoms with Crippen molar-refractivity contribution in [2.75, 3.05) is 0 Å². The predicted octanol–water partition coefficient (Wildman–Crippen LogP) is 17.6. The van der Waals surface area contributed by atoms with Gasteiger partial charge in [-0.15, -0.1) is 0 Å². The molecular weight excluding hydrogens is 769 g/mol. The van der Waals surface area contributed by atoms with E-state index in [9.17, 15) is 0 Å². The van der Waals surface area contributed by atoms with Gasteiger partial charge in [0.1, 0.15) is 0 Å². The molecule has 0 heterocycles. The minimum absolute atomic E-state index is 0.169. The van der Waals surface area contributed by atoms with Crippen molar-refractivity contribution in [3.8, 4) is 66.8 Å². The zero-order valence-electron chi connectivity index (χ0n) is 36.6. The van der Waals surface area contributed by atoms with Crippen molar-refractivity contribution in [2.24, 2.45) is 0 Å². The van der Waals surface area contributed by atoms with Crippen molar-refractivity contribution in [3.05, 3.63) is 229 Å². The van der Waals surface area contributed by atoms with Crippen LogP contribution in [0.25, 0.3) is 110 Å². The Hall–Kier alpha value is -7.54. The summed E-state index contributed by atoms with van der Waals surface area (Å²) in [5.74, 6) is 0. The second-order valence-electron chi connectivity index (χ2n) is 19.1. The highest BCUT2D eigenvalue weighted by Gasteiger charge is 2.39. The van der Waals surface area contributed by atoms with E-state index in [4.69, 9.17) is 0 Å². The topological polar surface area (TPSA) is 0 Å². The van der Waals surface area contributed by atoms with Gasteiger partial charge >= 0.3 is 0 Å². The van der Waals surface area contributed by atoms with Crippen molar-refractivity contribution in [2.45, 2.75) is 38.5 Å². The van der Waals surface area contributed by atoms with Crippen molar-refractivity contribution in [1.29, 1.82) is 0 Å². The molecule has 0 N–H and O–H groups in total. The molecule has 0 aliphatic heterocycles. The summed E-state index contributed by atoms with van der Waals surface area (Å²) >= 11 is 0. The molecule has 0 heteroatoms. The molecule has 0 radical (unpaired) electrons. The first-order valence-electron chi connectivity index (χ1n) is 22.8. The fourth-order valence-corrected chi connectivity index (χ4v) is 12.0. The lowest BCUT2D eigenvalue weighted by Crippen LogP contribution is -2.15. The Bertz CT molecular complexity index is 3630. The largest absolute Gasteiger partial charge is 0.0622 e. The van der Waals surface area contributed by atoms with Gasteiger partial charge in [-0.3, -0.25) is 0 Å². The van der Waals surface area contributed by atoms with E-state index in [2.05, 4.69) is 234 Å². The summed E-state index contributed by atoms with van der Waals surface area (Å²) in [5, 5.41) is 10.2. The van der Waals surface area contributed by atoms with Gasteiger partial charge in [-0.25, -0.2) is 0 Å². The summed E-state index contributed by atoms with van der Waals surface area (Å²) in [6, 6.07) is 78.0. The van der Waals surface area contributed by atoms with Gasteiger partial charge < -0.3 is 0 Å². The number of hydrogen-bond donors (Lipinski definition) is 0. The second-order valence-corrected chi connectivity index (χ2v) is 19.1. The SMILES string of the molecule is CC1(C)c2ccccc2-c2cc3c(-c4ccc(-c5ccccc5)c5ccccc45)c4cc5c(cc4c(-c4ccc(-c6ccccc6)c6ccccc46)c3cc21)C(C)(C)c1ccccc1-5. The second kappa shape index (κ2) is 13.5. The molecule has 2 aliphatic rings. The van der Waals surface area contributed by atoms with Gasteiger partial charge in [0.05, 0.1) is 0 Å². The summed E-state index contributed by atoms with van der Waals surface area (Å²) in [6.07, 6.45) is 0. The monoisotopic (exact) mass is 814 g/mol. The average Bonchev–Trinajstić information content (AvgIpc) is 3.70. The van der Waals surface area contributed by atoms with Gasteiger partial charge in [0.15, 0.2) is 0 Å². The molecule has 0 saturated carbocycles. The molecule has 0 aromatic heterocycles. The summed E-state index contributed by atoms with van der Waals surface area (Å²) in [7, 11) is 0. The van der Waals surface area contributed by atoms with Crippen molar-refractivity contribution in [1.82, 2.24) is 0 Å². The highest BCUT2D eigenvalue weighted by molar-refractivity contribution is 6.28. The number of fused-ring (bicyclic) bond motifs is 10. The average molecular weight is 815 g/mol. The van der Waals surface area contributed by atoms with Crippen molar-refractivity contribution < 1.29 is 0 Å². The van der Waals surface area contributed by atoms with Crippen LogP contribution in [-0.2, 0) is 10.8 Å². The maximum absolute atomic E-state index is 2.59. The molecule has 11 aromatic rings.